The normalized spacial score (nSPS) is 16.8. The van der Waals surface area contributed by atoms with Crippen molar-refractivity contribution in [1.82, 2.24) is 5.32 Å². The third kappa shape index (κ3) is 4.54. The van der Waals surface area contributed by atoms with Gasteiger partial charge in [-0.3, -0.25) is 4.79 Å². The maximum atomic E-state index is 12.2. The molecule has 6 nitrogen and oxygen atoms in total. The van der Waals surface area contributed by atoms with E-state index in [-0.39, 0.29) is 22.4 Å². The van der Waals surface area contributed by atoms with E-state index in [1.165, 1.54) is 25.1 Å². The van der Waals surface area contributed by atoms with Crippen molar-refractivity contribution in [1.29, 1.82) is 0 Å². The van der Waals surface area contributed by atoms with Crippen molar-refractivity contribution >= 4 is 21.7 Å². The Bertz CT molecular complexity index is 692. The van der Waals surface area contributed by atoms with Crippen LogP contribution >= 0.6 is 0 Å². The largest absolute Gasteiger partial charge is 0.449 e. The number of benzene rings is 1. The molecule has 1 fully saturated rings. The monoisotopic (exact) mass is 339 g/mol. The van der Waals surface area contributed by atoms with Gasteiger partial charge in [-0.1, -0.05) is 25.0 Å². The highest BCUT2D eigenvalue weighted by atomic mass is 32.2. The molecule has 1 aliphatic rings. The summed E-state index contributed by atoms with van der Waals surface area (Å²) in [5.74, 6) is -1.18. The second kappa shape index (κ2) is 7.12. The number of carbonyl (C=O) groups excluding carboxylic acids is 2. The fraction of sp³-hybridized carbons (Fsp3) is 0.500. The number of hydrogen-bond donors (Lipinski definition) is 1. The van der Waals surface area contributed by atoms with Crippen molar-refractivity contribution < 1.29 is 22.7 Å². The summed E-state index contributed by atoms with van der Waals surface area (Å²) in [6.07, 6.45) is 4.08. The SMILES string of the molecule is CC(OC(=O)c1ccccc1S(C)(=O)=O)C(=O)NC1CCCC1. The number of amides is 1. The van der Waals surface area contributed by atoms with Crippen LogP contribution in [0.3, 0.4) is 0 Å². The van der Waals surface area contributed by atoms with E-state index < -0.39 is 21.9 Å². The molecule has 126 valence electrons. The van der Waals surface area contributed by atoms with Crippen LogP contribution in [0.2, 0.25) is 0 Å². The molecule has 23 heavy (non-hydrogen) atoms. The minimum Gasteiger partial charge on any atom is -0.449 e. The summed E-state index contributed by atoms with van der Waals surface area (Å²) in [6.45, 7) is 1.48. The fourth-order valence-electron chi connectivity index (χ4n) is 2.62. The van der Waals surface area contributed by atoms with Crippen LogP contribution in [0.4, 0.5) is 0 Å². The summed E-state index contributed by atoms with van der Waals surface area (Å²) in [6, 6.07) is 5.93. The van der Waals surface area contributed by atoms with Crippen LogP contribution in [-0.4, -0.2) is 38.7 Å². The second-order valence-electron chi connectivity index (χ2n) is 5.81. The summed E-state index contributed by atoms with van der Waals surface area (Å²) >= 11 is 0. The average molecular weight is 339 g/mol. The van der Waals surface area contributed by atoms with Crippen molar-refractivity contribution in [2.75, 3.05) is 6.26 Å². The van der Waals surface area contributed by atoms with E-state index in [0.29, 0.717) is 0 Å². The molecule has 1 N–H and O–H groups in total. The van der Waals surface area contributed by atoms with E-state index in [4.69, 9.17) is 4.74 Å². The van der Waals surface area contributed by atoms with Crippen LogP contribution < -0.4 is 5.32 Å². The molecule has 1 aliphatic carbocycles. The predicted molar refractivity (Wildman–Crippen MR) is 84.8 cm³/mol. The molecule has 0 radical (unpaired) electrons. The lowest BCUT2D eigenvalue weighted by Crippen LogP contribution is -2.41. The minimum atomic E-state index is -3.55. The first-order valence-electron chi connectivity index (χ1n) is 7.59. The number of nitrogens with one attached hydrogen (secondary N) is 1. The maximum Gasteiger partial charge on any atom is 0.340 e. The smallest absolute Gasteiger partial charge is 0.340 e. The Balaban J connectivity index is 2.05. The zero-order chi connectivity index (χ0) is 17.0. The van der Waals surface area contributed by atoms with Gasteiger partial charge in [0.15, 0.2) is 15.9 Å². The van der Waals surface area contributed by atoms with Gasteiger partial charge in [0.1, 0.15) is 0 Å². The summed E-state index contributed by atoms with van der Waals surface area (Å²) in [5, 5.41) is 2.85. The molecular weight excluding hydrogens is 318 g/mol. The summed E-state index contributed by atoms with van der Waals surface area (Å²) in [5.41, 5.74) is -0.0597. The Kier molecular flexibility index (Phi) is 5.41. The van der Waals surface area contributed by atoms with E-state index in [9.17, 15) is 18.0 Å². The van der Waals surface area contributed by atoms with Crippen molar-refractivity contribution in [3.05, 3.63) is 29.8 Å². The van der Waals surface area contributed by atoms with Crippen LogP contribution in [0.5, 0.6) is 0 Å². The molecule has 1 amide bonds. The number of sulfone groups is 1. The summed E-state index contributed by atoms with van der Waals surface area (Å²) in [4.78, 5) is 24.1. The minimum absolute atomic E-state index is 0.0597. The molecule has 1 unspecified atom stereocenters. The molecule has 1 aromatic carbocycles. The fourth-order valence-corrected chi connectivity index (χ4v) is 3.50. The molecule has 0 spiro atoms. The third-order valence-corrected chi connectivity index (χ3v) is 5.02. The molecule has 0 bridgehead atoms. The first-order valence-corrected chi connectivity index (χ1v) is 9.48. The first kappa shape index (κ1) is 17.5. The van der Waals surface area contributed by atoms with Crippen LogP contribution in [0.1, 0.15) is 43.0 Å². The van der Waals surface area contributed by atoms with Gasteiger partial charge in [0.05, 0.1) is 10.5 Å². The third-order valence-electron chi connectivity index (χ3n) is 3.86. The average Bonchev–Trinajstić information content (AvgIpc) is 2.99. The first-order chi connectivity index (χ1) is 10.8. The van der Waals surface area contributed by atoms with Gasteiger partial charge in [-0.25, -0.2) is 13.2 Å². The van der Waals surface area contributed by atoms with Gasteiger partial charge in [-0.2, -0.15) is 0 Å². The Morgan fingerprint density at radius 2 is 1.83 bits per heavy atom. The molecule has 2 rings (SSSR count). The highest BCUT2D eigenvalue weighted by molar-refractivity contribution is 7.90. The highest BCUT2D eigenvalue weighted by Crippen LogP contribution is 2.19. The van der Waals surface area contributed by atoms with Crippen molar-refractivity contribution in [3.63, 3.8) is 0 Å². The summed E-state index contributed by atoms with van der Waals surface area (Å²) < 4.78 is 28.6. The lowest BCUT2D eigenvalue weighted by Gasteiger charge is -2.17. The molecule has 7 heteroatoms. The second-order valence-corrected chi connectivity index (χ2v) is 7.79. The van der Waals surface area contributed by atoms with Crippen molar-refractivity contribution in [3.8, 4) is 0 Å². The van der Waals surface area contributed by atoms with Gasteiger partial charge in [-0.05, 0) is 31.9 Å². The zero-order valence-electron chi connectivity index (χ0n) is 13.2. The van der Waals surface area contributed by atoms with Gasteiger partial charge in [0, 0.05) is 12.3 Å². The number of rotatable bonds is 5. The highest BCUT2D eigenvalue weighted by Gasteiger charge is 2.25. The van der Waals surface area contributed by atoms with Crippen molar-refractivity contribution in [2.45, 2.75) is 49.6 Å². The molecule has 0 heterocycles. The topological polar surface area (TPSA) is 89.5 Å². The van der Waals surface area contributed by atoms with Gasteiger partial charge >= 0.3 is 5.97 Å². The van der Waals surface area contributed by atoms with Crippen LogP contribution in [0, 0.1) is 0 Å². The molecule has 1 aromatic rings. The molecule has 0 aliphatic heterocycles. The maximum absolute atomic E-state index is 12.2. The Morgan fingerprint density at radius 3 is 2.43 bits per heavy atom. The lowest BCUT2D eigenvalue weighted by atomic mass is 10.2. The predicted octanol–water partition coefficient (Wildman–Crippen LogP) is 1.69. The number of carbonyl (C=O) groups is 2. The Labute approximate surface area is 136 Å². The molecule has 0 saturated heterocycles. The van der Waals surface area contributed by atoms with Gasteiger partial charge in [-0.15, -0.1) is 0 Å². The molecular formula is C16H21NO5S. The Morgan fingerprint density at radius 1 is 1.22 bits per heavy atom. The number of ether oxygens (including phenoxy) is 1. The van der Waals surface area contributed by atoms with Crippen molar-refractivity contribution in [2.24, 2.45) is 0 Å². The van der Waals surface area contributed by atoms with Crippen LogP contribution in [0.25, 0.3) is 0 Å². The zero-order valence-corrected chi connectivity index (χ0v) is 14.1. The standard InChI is InChI=1S/C16H21NO5S/c1-11(15(18)17-12-7-3-4-8-12)22-16(19)13-9-5-6-10-14(13)23(2,20)21/h5-6,9-12H,3-4,7-8H2,1-2H3,(H,17,18). The Hall–Kier alpha value is -1.89. The van der Waals surface area contributed by atoms with E-state index in [1.54, 1.807) is 6.07 Å². The van der Waals surface area contributed by atoms with E-state index >= 15 is 0 Å². The van der Waals surface area contributed by atoms with Crippen LogP contribution in [0.15, 0.2) is 29.2 Å². The number of esters is 1. The van der Waals surface area contributed by atoms with E-state index in [0.717, 1.165) is 31.9 Å². The van der Waals surface area contributed by atoms with Gasteiger partial charge in [0.2, 0.25) is 0 Å². The van der Waals surface area contributed by atoms with Crippen LogP contribution in [-0.2, 0) is 19.4 Å². The quantitative estimate of drug-likeness (QED) is 0.825. The molecule has 0 aromatic heterocycles. The lowest BCUT2D eigenvalue weighted by molar-refractivity contribution is -0.129. The molecule has 1 saturated carbocycles. The van der Waals surface area contributed by atoms with Gasteiger partial charge in [0.25, 0.3) is 5.91 Å². The van der Waals surface area contributed by atoms with E-state index in [2.05, 4.69) is 5.32 Å². The van der Waals surface area contributed by atoms with E-state index in [1.807, 2.05) is 0 Å². The summed E-state index contributed by atoms with van der Waals surface area (Å²) in [7, 11) is -3.55. The molecule has 1 atom stereocenters. The van der Waals surface area contributed by atoms with Gasteiger partial charge < -0.3 is 10.1 Å². The number of hydrogen-bond acceptors (Lipinski definition) is 5.